The van der Waals surface area contributed by atoms with Gasteiger partial charge in [-0.1, -0.05) is 12.1 Å². The standard InChI is InChI=1S/C16H20FN5O/c1-22-16(20-15(21-22)12-5-7-18-8-6-12)19-14(23)10-11-3-2-4-13(17)9-11/h2-4,9,12,18H,5-8,10H2,1H3,(H,19,20,21,23). The van der Waals surface area contributed by atoms with E-state index >= 15 is 0 Å². The largest absolute Gasteiger partial charge is 0.317 e. The fraction of sp³-hybridized carbons (Fsp3) is 0.438. The Labute approximate surface area is 134 Å². The van der Waals surface area contributed by atoms with Gasteiger partial charge in [-0.05, 0) is 43.6 Å². The number of piperidine rings is 1. The normalized spacial score (nSPS) is 15.6. The van der Waals surface area contributed by atoms with E-state index in [1.807, 2.05) is 0 Å². The van der Waals surface area contributed by atoms with Gasteiger partial charge in [0.25, 0.3) is 0 Å². The van der Waals surface area contributed by atoms with Gasteiger partial charge in [0.05, 0.1) is 6.42 Å². The molecule has 1 amide bonds. The Morgan fingerprint density at radius 2 is 2.22 bits per heavy atom. The molecule has 23 heavy (non-hydrogen) atoms. The fourth-order valence-corrected chi connectivity index (χ4v) is 2.77. The second kappa shape index (κ2) is 6.87. The summed E-state index contributed by atoms with van der Waals surface area (Å²) in [6.45, 7) is 1.92. The molecule has 0 radical (unpaired) electrons. The maximum Gasteiger partial charge on any atom is 0.231 e. The maximum atomic E-state index is 13.2. The molecule has 1 saturated heterocycles. The van der Waals surface area contributed by atoms with Crippen molar-refractivity contribution < 1.29 is 9.18 Å². The van der Waals surface area contributed by atoms with Gasteiger partial charge in [-0.2, -0.15) is 10.1 Å². The van der Waals surface area contributed by atoms with Crippen LogP contribution in [-0.4, -0.2) is 33.8 Å². The topological polar surface area (TPSA) is 71.8 Å². The van der Waals surface area contributed by atoms with Crippen LogP contribution in [-0.2, 0) is 18.3 Å². The third-order valence-electron chi connectivity index (χ3n) is 3.99. The minimum Gasteiger partial charge on any atom is -0.317 e. The lowest BCUT2D eigenvalue weighted by molar-refractivity contribution is -0.115. The van der Waals surface area contributed by atoms with Gasteiger partial charge in [0.2, 0.25) is 11.9 Å². The van der Waals surface area contributed by atoms with E-state index in [0.29, 0.717) is 17.4 Å². The highest BCUT2D eigenvalue weighted by molar-refractivity contribution is 5.90. The van der Waals surface area contributed by atoms with Gasteiger partial charge in [-0.25, -0.2) is 9.07 Å². The summed E-state index contributed by atoms with van der Waals surface area (Å²) in [7, 11) is 1.76. The van der Waals surface area contributed by atoms with Crippen LogP contribution in [0.15, 0.2) is 24.3 Å². The van der Waals surface area contributed by atoms with Crippen LogP contribution in [0.1, 0.15) is 30.1 Å². The average Bonchev–Trinajstić information content (AvgIpc) is 2.89. The molecule has 0 atom stereocenters. The summed E-state index contributed by atoms with van der Waals surface area (Å²) in [5, 5.41) is 10.5. The van der Waals surface area contributed by atoms with E-state index in [-0.39, 0.29) is 18.1 Å². The summed E-state index contributed by atoms with van der Waals surface area (Å²) in [5.74, 6) is 0.955. The first-order chi connectivity index (χ1) is 11.1. The number of nitrogens with zero attached hydrogens (tertiary/aromatic N) is 3. The van der Waals surface area contributed by atoms with Gasteiger partial charge in [-0.15, -0.1) is 0 Å². The monoisotopic (exact) mass is 317 g/mol. The lowest BCUT2D eigenvalue weighted by atomic mass is 9.98. The van der Waals surface area contributed by atoms with E-state index in [9.17, 15) is 9.18 Å². The Balaban J connectivity index is 1.65. The van der Waals surface area contributed by atoms with Crippen LogP contribution in [0.25, 0.3) is 0 Å². The molecule has 6 nitrogen and oxygen atoms in total. The summed E-state index contributed by atoms with van der Waals surface area (Å²) in [4.78, 5) is 16.6. The summed E-state index contributed by atoms with van der Waals surface area (Å²) in [6, 6.07) is 6.03. The minimum atomic E-state index is -0.345. The van der Waals surface area contributed by atoms with Crippen molar-refractivity contribution in [1.29, 1.82) is 0 Å². The Morgan fingerprint density at radius 3 is 2.96 bits per heavy atom. The number of carbonyl (C=O) groups excluding carboxylic acids is 1. The zero-order valence-electron chi connectivity index (χ0n) is 13.1. The highest BCUT2D eigenvalue weighted by Crippen LogP contribution is 2.23. The second-order valence-corrected chi connectivity index (χ2v) is 5.80. The van der Waals surface area contributed by atoms with E-state index < -0.39 is 0 Å². The molecule has 1 aromatic heterocycles. The number of hydrogen-bond acceptors (Lipinski definition) is 4. The molecule has 0 saturated carbocycles. The number of hydrogen-bond donors (Lipinski definition) is 2. The highest BCUT2D eigenvalue weighted by Gasteiger charge is 2.21. The van der Waals surface area contributed by atoms with Gasteiger partial charge in [0.15, 0.2) is 5.82 Å². The van der Waals surface area contributed by atoms with E-state index in [1.54, 1.807) is 23.9 Å². The molecule has 3 rings (SSSR count). The van der Waals surface area contributed by atoms with Crippen LogP contribution in [0.2, 0.25) is 0 Å². The van der Waals surface area contributed by atoms with Crippen LogP contribution < -0.4 is 10.6 Å². The third-order valence-corrected chi connectivity index (χ3v) is 3.99. The fourth-order valence-electron chi connectivity index (χ4n) is 2.77. The van der Waals surface area contributed by atoms with Gasteiger partial charge in [-0.3, -0.25) is 10.1 Å². The Hall–Kier alpha value is -2.28. The van der Waals surface area contributed by atoms with Crippen molar-refractivity contribution in [3.05, 3.63) is 41.5 Å². The van der Waals surface area contributed by atoms with Gasteiger partial charge in [0, 0.05) is 13.0 Å². The molecule has 0 bridgehead atoms. The van der Waals surface area contributed by atoms with Gasteiger partial charge in [0.1, 0.15) is 5.82 Å². The molecular formula is C16H20FN5O. The van der Waals surface area contributed by atoms with Crippen LogP contribution in [0, 0.1) is 5.82 Å². The lowest BCUT2D eigenvalue weighted by Gasteiger charge is -2.19. The van der Waals surface area contributed by atoms with Crippen LogP contribution in [0.4, 0.5) is 10.3 Å². The van der Waals surface area contributed by atoms with Crippen molar-refractivity contribution in [2.45, 2.75) is 25.2 Å². The van der Waals surface area contributed by atoms with Crippen molar-refractivity contribution in [2.24, 2.45) is 7.05 Å². The third kappa shape index (κ3) is 3.92. The Kier molecular flexibility index (Phi) is 4.66. The van der Waals surface area contributed by atoms with E-state index in [0.717, 1.165) is 31.8 Å². The molecule has 1 aromatic carbocycles. The summed E-state index contributed by atoms with van der Waals surface area (Å²) in [6.07, 6.45) is 2.11. The molecule has 0 unspecified atom stereocenters. The maximum absolute atomic E-state index is 13.2. The molecule has 2 aromatic rings. The number of aryl methyl sites for hydroxylation is 1. The molecule has 2 heterocycles. The highest BCUT2D eigenvalue weighted by atomic mass is 19.1. The molecule has 0 spiro atoms. The summed E-state index contributed by atoms with van der Waals surface area (Å²) < 4.78 is 14.7. The zero-order valence-corrected chi connectivity index (χ0v) is 13.1. The van der Waals surface area contributed by atoms with Gasteiger partial charge < -0.3 is 5.32 Å². The molecule has 0 aliphatic carbocycles. The lowest BCUT2D eigenvalue weighted by Crippen LogP contribution is -2.27. The number of amides is 1. The smallest absolute Gasteiger partial charge is 0.231 e. The number of aromatic nitrogens is 3. The molecular weight excluding hydrogens is 297 g/mol. The molecule has 1 aliphatic heterocycles. The average molecular weight is 317 g/mol. The second-order valence-electron chi connectivity index (χ2n) is 5.80. The number of carbonyl (C=O) groups is 1. The first-order valence-corrected chi connectivity index (χ1v) is 7.78. The van der Waals surface area contributed by atoms with Crippen molar-refractivity contribution >= 4 is 11.9 Å². The quantitative estimate of drug-likeness (QED) is 0.898. The minimum absolute atomic E-state index is 0.104. The molecule has 122 valence electrons. The molecule has 2 N–H and O–H groups in total. The van der Waals surface area contributed by atoms with E-state index in [4.69, 9.17) is 0 Å². The van der Waals surface area contributed by atoms with Crippen LogP contribution in [0.5, 0.6) is 0 Å². The molecule has 1 fully saturated rings. The Morgan fingerprint density at radius 1 is 1.43 bits per heavy atom. The number of nitrogens with one attached hydrogen (secondary N) is 2. The predicted molar refractivity (Wildman–Crippen MR) is 84.6 cm³/mol. The first-order valence-electron chi connectivity index (χ1n) is 7.78. The molecule has 7 heteroatoms. The number of benzene rings is 1. The van der Waals surface area contributed by atoms with Crippen molar-refractivity contribution in [2.75, 3.05) is 18.4 Å². The Bertz CT molecular complexity index is 694. The van der Waals surface area contributed by atoms with Crippen molar-refractivity contribution in [3.8, 4) is 0 Å². The summed E-state index contributed by atoms with van der Waals surface area (Å²) in [5.41, 5.74) is 0.628. The first kappa shape index (κ1) is 15.6. The predicted octanol–water partition coefficient (Wildman–Crippen LogP) is 1.60. The zero-order chi connectivity index (χ0) is 16.2. The van der Waals surface area contributed by atoms with Crippen LogP contribution >= 0.6 is 0 Å². The van der Waals surface area contributed by atoms with Gasteiger partial charge >= 0.3 is 0 Å². The van der Waals surface area contributed by atoms with E-state index in [2.05, 4.69) is 20.7 Å². The van der Waals surface area contributed by atoms with Crippen LogP contribution in [0.3, 0.4) is 0 Å². The van der Waals surface area contributed by atoms with Crippen molar-refractivity contribution in [3.63, 3.8) is 0 Å². The molecule has 1 aliphatic rings. The summed E-state index contributed by atoms with van der Waals surface area (Å²) >= 11 is 0. The van der Waals surface area contributed by atoms with Crippen molar-refractivity contribution in [1.82, 2.24) is 20.1 Å². The number of rotatable bonds is 4. The SMILES string of the molecule is Cn1nc(C2CCNCC2)nc1NC(=O)Cc1cccc(F)c1. The number of anilines is 1. The van der Waals surface area contributed by atoms with E-state index in [1.165, 1.54) is 12.1 Å². The number of halogens is 1.